The van der Waals surface area contributed by atoms with Crippen LogP contribution in [0.4, 0.5) is 0 Å². The van der Waals surface area contributed by atoms with E-state index in [1.54, 1.807) is 12.1 Å². The van der Waals surface area contributed by atoms with Crippen molar-refractivity contribution in [2.75, 3.05) is 11.5 Å². The second-order valence-corrected chi connectivity index (χ2v) is 7.91. The lowest BCUT2D eigenvalue weighted by molar-refractivity contribution is 0.0938. The van der Waals surface area contributed by atoms with Crippen molar-refractivity contribution in [3.8, 4) is 0 Å². The molecule has 98 valence electrons. The Kier molecular flexibility index (Phi) is 4.26. The SMILES string of the molecule is O=C(NC1CCCS(=O)(=O)C1)c1cccc(I)c1. The number of nitrogens with one attached hydrogen (secondary N) is 1. The molecule has 4 nitrogen and oxygen atoms in total. The molecule has 1 aliphatic heterocycles. The summed E-state index contributed by atoms with van der Waals surface area (Å²) in [6, 6.07) is 6.98. The number of carbonyl (C=O) groups is 1. The predicted molar refractivity (Wildman–Crippen MR) is 78.3 cm³/mol. The maximum Gasteiger partial charge on any atom is 0.251 e. The highest BCUT2D eigenvalue weighted by Gasteiger charge is 2.26. The number of carbonyl (C=O) groups excluding carboxylic acids is 1. The number of benzene rings is 1. The number of sulfone groups is 1. The van der Waals surface area contributed by atoms with Gasteiger partial charge in [0.25, 0.3) is 5.91 Å². The molecule has 0 spiro atoms. The molecule has 0 bridgehead atoms. The molecule has 1 saturated heterocycles. The van der Waals surface area contributed by atoms with Crippen molar-refractivity contribution in [2.45, 2.75) is 18.9 Å². The fraction of sp³-hybridized carbons (Fsp3) is 0.417. The summed E-state index contributed by atoms with van der Waals surface area (Å²) < 4.78 is 23.9. The number of amides is 1. The van der Waals surface area contributed by atoms with E-state index in [0.717, 1.165) is 9.99 Å². The first-order valence-electron chi connectivity index (χ1n) is 5.73. The number of hydrogen-bond acceptors (Lipinski definition) is 3. The lowest BCUT2D eigenvalue weighted by Crippen LogP contribution is -2.43. The van der Waals surface area contributed by atoms with Crippen LogP contribution in [0.2, 0.25) is 0 Å². The fourth-order valence-electron chi connectivity index (χ4n) is 2.04. The molecule has 1 aromatic rings. The Morgan fingerprint density at radius 1 is 1.39 bits per heavy atom. The zero-order valence-corrected chi connectivity index (χ0v) is 12.7. The Labute approximate surface area is 120 Å². The molecule has 6 heteroatoms. The summed E-state index contributed by atoms with van der Waals surface area (Å²) in [6.07, 6.45) is 1.36. The maximum atomic E-state index is 12.0. The zero-order valence-electron chi connectivity index (χ0n) is 9.73. The van der Waals surface area contributed by atoms with Crippen LogP contribution < -0.4 is 5.32 Å². The van der Waals surface area contributed by atoms with Crippen LogP contribution in [-0.4, -0.2) is 31.9 Å². The van der Waals surface area contributed by atoms with Gasteiger partial charge in [0.1, 0.15) is 0 Å². The maximum absolute atomic E-state index is 12.0. The highest BCUT2D eigenvalue weighted by molar-refractivity contribution is 14.1. The summed E-state index contributed by atoms with van der Waals surface area (Å²) in [7, 11) is -2.98. The molecule has 1 heterocycles. The van der Waals surface area contributed by atoms with Crippen LogP contribution in [-0.2, 0) is 9.84 Å². The molecular formula is C12H14INO3S. The number of hydrogen-bond donors (Lipinski definition) is 1. The van der Waals surface area contributed by atoms with Crippen LogP contribution >= 0.6 is 22.6 Å². The van der Waals surface area contributed by atoms with Gasteiger partial charge in [-0.2, -0.15) is 0 Å². The first kappa shape index (κ1) is 13.8. The van der Waals surface area contributed by atoms with E-state index < -0.39 is 9.84 Å². The molecule has 0 aliphatic carbocycles. The molecule has 1 amide bonds. The van der Waals surface area contributed by atoms with E-state index >= 15 is 0 Å². The summed E-state index contributed by atoms with van der Waals surface area (Å²) in [6.45, 7) is 0. The lowest BCUT2D eigenvalue weighted by atomic mass is 10.1. The first-order valence-corrected chi connectivity index (χ1v) is 8.63. The van der Waals surface area contributed by atoms with Crippen molar-refractivity contribution in [2.24, 2.45) is 0 Å². The fourth-order valence-corrected chi connectivity index (χ4v) is 4.21. The molecule has 2 rings (SSSR count). The molecule has 0 aromatic heterocycles. The molecule has 1 aliphatic rings. The van der Waals surface area contributed by atoms with Crippen molar-refractivity contribution < 1.29 is 13.2 Å². The topological polar surface area (TPSA) is 63.2 Å². The summed E-state index contributed by atoms with van der Waals surface area (Å²) >= 11 is 2.14. The minimum atomic E-state index is -2.98. The third kappa shape index (κ3) is 3.68. The number of rotatable bonds is 2. The van der Waals surface area contributed by atoms with Crippen LogP contribution in [0.3, 0.4) is 0 Å². The lowest BCUT2D eigenvalue weighted by Gasteiger charge is -2.23. The molecule has 1 atom stereocenters. The van der Waals surface area contributed by atoms with E-state index in [1.165, 1.54) is 0 Å². The van der Waals surface area contributed by atoms with Crippen LogP contribution in [0.1, 0.15) is 23.2 Å². The second kappa shape index (κ2) is 5.56. The van der Waals surface area contributed by atoms with Crippen molar-refractivity contribution >= 4 is 38.3 Å². The Morgan fingerprint density at radius 3 is 2.83 bits per heavy atom. The molecule has 1 unspecified atom stereocenters. The highest BCUT2D eigenvalue weighted by atomic mass is 127. The van der Waals surface area contributed by atoms with Gasteiger partial charge in [0.2, 0.25) is 0 Å². The van der Waals surface area contributed by atoms with Crippen molar-refractivity contribution in [3.63, 3.8) is 0 Å². The van der Waals surface area contributed by atoms with E-state index in [1.807, 2.05) is 12.1 Å². The summed E-state index contributed by atoms with van der Waals surface area (Å²) in [5, 5.41) is 2.80. The number of halogens is 1. The van der Waals surface area contributed by atoms with Gasteiger partial charge in [0, 0.05) is 15.2 Å². The summed E-state index contributed by atoms with van der Waals surface area (Å²) in [5.41, 5.74) is 0.574. The summed E-state index contributed by atoms with van der Waals surface area (Å²) in [4.78, 5) is 12.0. The normalized spacial score (nSPS) is 22.4. The predicted octanol–water partition coefficient (Wildman–Crippen LogP) is 1.60. The largest absolute Gasteiger partial charge is 0.348 e. The van der Waals surface area contributed by atoms with Gasteiger partial charge in [-0.05, 0) is 53.6 Å². The molecule has 0 radical (unpaired) electrons. The van der Waals surface area contributed by atoms with Crippen LogP contribution in [0.25, 0.3) is 0 Å². The first-order chi connectivity index (χ1) is 8.46. The Morgan fingerprint density at radius 2 is 2.17 bits per heavy atom. The van der Waals surface area contributed by atoms with Gasteiger partial charge in [-0.15, -0.1) is 0 Å². The smallest absolute Gasteiger partial charge is 0.251 e. The molecule has 0 saturated carbocycles. The van der Waals surface area contributed by atoms with Crippen LogP contribution in [0.15, 0.2) is 24.3 Å². The zero-order chi connectivity index (χ0) is 13.2. The van der Waals surface area contributed by atoms with Gasteiger partial charge >= 0.3 is 0 Å². The quantitative estimate of drug-likeness (QED) is 0.795. The average molecular weight is 379 g/mol. The Bertz CT molecular complexity index is 556. The standard InChI is InChI=1S/C12H14INO3S/c13-10-4-1-3-9(7-10)12(15)14-11-5-2-6-18(16,17)8-11/h1,3-4,7,11H,2,5-6,8H2,(H,14,15). The van der Waals surface area contributed by atoms with Crippen molar-refractivity contribution in [1.29, 1.82) is 0 Å². The van der Waals surface area contributed by atoms with Gasteiger partial charge in [-0.3, -0.25) is 4.79 Å². The third-order valence-electron chi connectivity index (χ3n) is 2.89. The van der Waals surface area contributed by atoms with E-state index in [4.69, 9.17) is 0 Å². The van der Waals surface area contributed by atoms with Gasteiger partial charge in [0.05, 0.1) is 11.5 Å². The molecular weight excluding hydrogens is 365 g/mol. The molecule has 1 N–H and O–H groups in total. The minimum Gasteiger partial charge on any atom is -0.348 e. The van der Waals surface area contributed by atoms with E-state index in [0.29, 0.717) is 12.0 Å². The second-order valence-electron chi connectivity index (χ2n) is 4.44. The average Bonchev–Trinajstić information content (AvgIpc) is 2.27. The van der Waals surface area contributed by atoms with Crippen molar-refractivity contribution in [1.82, 2.24) is 5.32 Å². The van der Waals surface area contributed by atoms with Crippen LogP contribution in [0, 0.1) is 3.57 Å². The molecule has 18 heavy (non-hydrogen) atoms. The van der Waals surface area contributed by atoms with Gasteiger partial charge in [-0.1, -0.05) is 6.07 Å². The highest BCUT2D eigenvalue weighted by Crippen LogP contribution is 2.13. The molecule has 1 fully saturated rings. The minimum absolute atomic E-state index is 0.0582. The Hall–Kier alpha value is -0.630. The van der Waals surface area contributed by atoms with Crippen molar-refractivity contribution in [3.05, 3.63) is 33.4 Å². The van der Waals surface area contributed by atoms with Gasteiger partial charge < -0.3 is 5.32 Å². The monoisotopic (exact) mass is 379 g/mol. The van der Waals surface area contributed by atoms with E-state index in [2.05, 4.69) is 27.9 Å². The summed E-state index contributed by atoms with van der Waals surface area (Å²) in [5.74, 6) is 0.0984. The Balaban J connectivity index is 2.03. The molecule has 1 aromatic carbocycles. The van der Waals surface area contributed by atoms with E-state index in [9.17, 15) is 13.2 Å². The van der Waals surface area contributed by atoms with Gasteiger partial charge in [0.15, 0.2) is 9.84 Å². The third-order valence-corrected chi connectivity index (χ3v) is 5.38. The van der Waals surface area contributed by atoms with Gasteiger partial charge in [-0.25, -0.2) is 8.42 Å². The van der Waals surface area contributed by atoms with E-state index in [-0.39, 0.29) is 23.5 Å². The van der Waals surface area contributed by atoms with Crippen LogP contribution in [0.5, 0.6) is 0 Å².